The van der Waals surface area contributed by atoms with Crippen molar-refractivity contribution in [3.8, 4) is 0 Å². The van der Waals surface area contributed by atoms with E-state index in [1.54, 1.807) is 0 Å². The van der Waals surface area contributed by atoms with Gasteiger partial charge in [0.25, 0.3) is 0 Å². The van der Waals surface area contributed by atoms with Crippen molar-refractivity contribution in [1.82, 2.24) is 15.0 Å². The van der Waals surface area contributed by atoms with Crippen molar-refractivity contribution in [2.45, 2.75) is 31.1 Å². The van der Waals surface area contributed by atoms with Crippen LogP contribution < -0.4 is 0 Å². The van der Waals surface area contributed by atoms with Crippen molar-refractivity contribution in [2.75, 3.05) is 0 Å². The number of rotatable bonds is 1. The summed E-state index contributed by atoms with van der Waals surface area (Å²) in [5, 5.41) is 8.30. The first-order chi connectivity index (χ1) is 6.61. The van der Waals surface area contributed by atoms with Crippen LogP contribution in [0.5, 0.6) is 0 Å². The molecule has 0 aromatic carbocycles. The number of halogens is 2. The molecule has 1 aliphatic carbocycles. The highest BCUT2D eigenvalue weighted by Gasteiger charge is 2.35. The van der Waals surface area contributed by atoms with Crippen LogP contribution in [0.2, 0.25) is 0 Å². The summed E-state index contributed by atoms with van der Waals surface area (Å²) in [6.45, 7) is 2.20. The van der Waals surface area contributed by atoms with E-state index in [4.69, 9.17) is 11.6 Å². The Hall–Kier alpha value is -0.0900. The van der Waals surface area contributed by atoms with Gasteiger partial charge < -0.3 is 0 Å². The molecule has 5 heteroatoms. The third kappa shape index (κ3) is 1.58. The number of nitrogens with zero attached hydrogens (tertiary/aromatic N) is 3. The molecule has 2 rings (SSSR count). The van der Waals surface area contributed by atoms with Gasteiger partial charge in [0.1, 0.15) is 0 Å². The normalized spacial score (nSPS) is 32.4. The van der Waals surface area contributed by atoms with Crippen LogP contribution in [-0.4, -0.2) is 20.4 Å². The van der Waals surface area contributed by atoms with Gasteiger partial charge in [0.2, 0.25) is 0 Å². The summed E-state index contributed by atoms with van der Waals surface area (Å²) in [7, 11) is 1.93. The molecule has 3 nitrogen and oxygen atoms in total. The minimum Gasteiger partial charge on any atom is -0.251 e. The van der Waals surface area contributed by atoms with Crippen LogP contribution in [0.4, 0.5) is 0 Å². The second-order valence-electron chi connectivity index (χ2n) is 3.95. The second kappa shape index (κ2) is 3.81. The quantitative estimate of drug-likeness (QED) is 0.740. The minimum absolute atomic E-state index is 0.293. The fraction of sp³-hybridized carbons (Fsp3) is 0.778. The van der Waals surface area contributed by atoms with Gasteiger partial charge in [-0.2, -0.15) is 0 Å². The molecular weight excluding hydrogens is 265 g/mol. The molecular formula is C9H13BrClN3. The lowest BCUT2D eigenvalue weighted by Gasteiger charge is -2.16. The van der Waals surface area contributed by atoms with Gasteiger partial charge in [0, 0.05) is 18.3 Å². The summed E-state index contributed by atoms with van der Waals surface area (Å²) in [5.74, 6) is 0.997. The average Bonchev–Trinajstić information content (AvgIpc) is 2.62. The van der Waals surface area contributed by atoms with E-state index in [0.717, 1.165) is 17.4 Å². The van der Waals surface area contributed by atoms with Crippen LogP contribution in [-0.2, 0) is 7.05 Å². The molecule has 0 spiro atoms. The Morgan fingerprint density at radius 1 is 1.50 bits per heavy atom. The van der Waals surface area contributed by atoms with Gasteiger partial charge >= 0.3 is 0 Å². The molecule has 78 valence electrons. The molecule has 0 radical (unpaired) electrons. The molecule has 1 aromatic rings. The zero-order valence-corrected chi connectivity index (χ0v) is 10.6. The lowest BCUT2D eigenvalue weighted by molar-refractivity contribution is 0.499. The third-order valence-corrected chi connectivity index (χ3v) is 4.32. The van der Waals surface area contributed by atoms with Crippen LogP contribution >= 0.6 is 27.5 Å². The first-order valence-electron chi connectivity index (χ1n) is 4.80. The zero-order valence-electron chi connectivity index (χ0n) is 8.24. The smallest absolute Gasteiger partial charge is 0.151 e. The Labute approximate surface area is 96.9 Å². The largest absolute Gasteiger partial charge is 0.251 e. The highest BCUT2D eigenvalue weighted by atomic mass is 79.9. The molecule has 1 aliphatic rings. The zero-order chi connectivity index (χ0) is 10.3. The topological polar surface area (TPSA) is 30.7 Å². The van der Waals surface area contributed by atoms with Crippen LogP contribution in [0.25, 0.3) is 0 Å². The van der Waals surface area contributed by atoms with E-state index in [1.807, 2.05) is 11.7 Å². The third-order valence-electron chi connectivity index (χ3n) is 3.14. The van der Waals surface area contributed by atoms with E-state index in [9.17, 15) is 0 Å². The summed E-state index contributed by atoms with van der Waals surface area (Å²) < 4.78 is 2.71. The fourth-order valence-electron chi connectivity index (χ4n) is 2.23. The molecule has 0 saturated heterocycles. The molecule has 3 unspecified atom stereocenters. The molecule has 1 saturated carbocycles. The van der Waals surface area contributed by atoms with Crippen molar-refractivity contribution in [1.29, 1.82) is 0 Å². The fourth-order valence-corrected chi connectivity index (χ4v) is 3.16. The molecule has 1 heterocycles. The van der Waals surface area contributed by atoms with Crippen LogP contribution in [0, 0.1) is 5.92 Å². The van der Waals surface area contributed by atoms with Gasteiger partial charge in [0.15, 0.2) is 4.60 Å². The second-order valence-corrected chi connectivity index (χ2v) is 5.26. The summed E-state index contributed by atoms with van der Waals surface area (Å²) >= 11 is 9.65. The van der Waals surface area contributed by atoms with Crippen molar-refractivity contribution in [3.05, 3.63) is 10.3 Å². The van der Waals surface area contributed by atoms with E-state index in [0.29, 0.717) is 17.2 Å². The standard InChI is InChI=1S/C9H13BrClN3/c1-5-6(3-4-7(5)11)8-9(10)12-13-14(8)2/h5-7H,3-4H2,1-2H3. The molecule has 0 amide bonds. The number of hydrogen-bond donors (Lipinski definition) is 0. The van der Waals surface area contributed by atoms with Crippen molar-refractivity contribution in [2.24, 2.45) is 13.0 Å². The highest BCUT2D eigenvalue weighted by Crippen LogP contribution is 2.43. The van der Waals surface area contributed by atoms with E-state index in [2.05, 4.69) is 33.2 Å². The SMILES string of the molecule is CC1C(Cl)CCC1c1c(Br)nnn1C. The predicted molar refractivity (Wildman–Crippen MR) is 59.5 cm³/mol. The maximum absolute atomic E-state index is 6.21. The van der Waals surface area contributed by atoms with Gasteiger partial charge in [-0.15, -0.1) is 16.7 Å². The van der Waals surface area contributed by atoms with Gasteiger partial charge in [0.05, 0.1) is 5.69 Å². The van der Waals surface area contributed by atoms with Gasteiger partial charge in [-0.25, -0.2) is 0 Å². The van der Waals surface area contributed by atoms with E-state index >= 15 is 0 Å². The number of alkyl halides is 1. The Morgan fingerprint density at radius 3 is 2.64 bits per heavy atom. The summed E-state index contributed by atoms with van der Waals surface area (Å²) in [5.41, 5.74) is 1.18. The van der Waals surface area contributed by atoms with E-state index in [1.165, 1.54) is 5.69 Å². The minimum atomic E-state index is 0.293. The van der Waals surface area contributed by atoms with Gasteiger partial charge in [-0.05, 0) is 34.7 Å². The van der Waals surface area contributed by atoms with Crippen LogP contribution in [0.15, 0.2) is 4.60 Å². The summed E-state index contributed by atoms with van der Waals surface area (Å²) in [6, 6.07) is 0. The van der Waals surface area contributed by atoms with Crippen molar-refractivity contribution in [3.63, 3.8) is 0 Å². The van der Waals surface area contributed by atoms with E-state index < -0.39 is 0 Å². The monoisotopic (exact) mass is 277 g/mol. The lowest BCUT2D eigenvalue weighted by Crippen LogP contribution is -2.13. The summed E-state index contributed by atoms with van der Waals surface area (Å²) in [6.07, 6.45) is 2.22. The predicted octanol–water partition coefficient (Wildman–Crippen LogP) is 2.70. The van der Waals surface area contributed by atoms with Crippen molar-refractivity contribution < 1.29 is 0 Å². The molecule has 0 aliphatic heterocycles. The molecule has 14 heavy (non-hydrogen) atoms. The van der Waals surface area contributed by atoms with Gasteiger partial charge in [-0.3, -0.25) is 4.68 Å². The van der Waals surface area contributed by atoms with Crippen LogP contribution in [0.3, 0.4) is 0 Å². The number of aromatic nitrogens is 3. The van der Waals surface area contributed by atoms with Gasteiger partial charge in [-0.1, -0.05) is 12.1 Å². The number of hydrogen-bond acceptors (Lipinski definition) is 2. The first-order valence-corrected chi connectivity index (χ1v) is 6.03. The first kappa shape index (κ1) is 10.4. The molecule has 1 aromatic heterocycles. The molecule has 1 fully saturated rings. The Morgan fingerprint density at radius 2 is 2.21 bits per heavy atom. The Kier molecular flexibility index (Phi) is 2.84. The van der Waals surface area contributed by atoms with Crippen LogP contribution in [0.1, 0.15) is 31.4 Å². The maximum atomic E-state index is 6.21. The summed E-state index contributed by atoms with van der Waals surface area (Å²) in [4.78, 5) is 0. The molecule has 0 bridgehead atoms. The highest BCUT2D eigenvalue weighted by molar-refractivity contribution is 9.10. The van der Waals surface area contributed by atoms with E-state index in [-0.39, 0.29) is 0 Å². The molecule has 0 N–H and O–H groups in total. The Bertz CT molecular complexity index is 319. The lowest BCUT2D eigenvalue weighted by atomic mass is 9.95. The Balaban J connectivity index is 2.32. The average molecular weight is 279 g/mol. The number of aryl methyl sites for hydroxylation is 1. The maximum Gasteiger partial charge on any atom is 0.151 e. The van der Waals surface area contributed by atoms with Crippen molar-refractivity contribution >= 4 is 27.5 Å². The molecule has 3 atom stereocenters.